The number of hydrogen-bond donors (Lipinski definition) is 1. The number of nitrogens with one attached hydrogen (secondary N) is 1. The van der Waals surface area contributed by atoms with Crippen LogP contribution in [-0.4, -0.2) is 31.7 Å². The van der Waals surface area contributed by atoms with Gasteiger partial charge < -0.3 is 5.32 Å². The van der Waals surface area contributed by atoms with Crippen LogP contribution in [0.25, 0.3) is 0 Å². The number of sulfonamides is 1. The minimum absolute atomic E-state index is 0.215. The number of nitrogens with zero attached hydrogens (tertiary/aromatic N) is 1. The van der Waals surface area contributed by atoms with Gasteiger partial charge in [-0.1, -0.05) is 26.0 Å². The van der Waals surface area contributed by atoms with Crippen LogP contribution in [0.1, 0.15) is 48.2 Å². The summed E-state index contributed by atoms with van der Waals surface area (Å²) >= 11 is 0. The first-order chi connectivity index (χ1) is 12.8. The predicted octanol–water partition coefficient (Wildman–Crippen LogP) is 4.37. The summed E-state index contributed by atoms with van der Waals surface area (Å²) < 4.78 is 27.1. The lowest BCUT2D eigenvalue weighted by Gasteiger charge is -2.21. The zero-order valence-electron chi connectivity index (χ0n) is 16.5. The molecule has 5 nitrogen and oxygen atoms in total. The quantitative estimate of drug-likeness (QED) is 0.730. The molecule has 2 aromatic carbocycles. The van der Waals surface area contributed by atoms with Gasteiger partial charge >= 0.3 is 0 Å². The van der Waals surface area contributed by atoms with Crippen LogP contribution in [0.4, 0.5) is 5.69 Å². The summed E-state index contributed by atoms with van der Waals surface area (Å²) in [6.07, 6.45) is 1.52. The second-order valence-electron chi connectivity index (χ2n) is 6.70. The molecule has 2 aromatic rings. The van der Waals surface area contributed by atoms with E-state index in [9.17, 15) is 13.2 Å². The van der Waals surface area contributed by atoms with Gasteiger partial charge in [-0.25, -0.2) is 8.42 Å². The molecule has 146 valence electrons. The molecule has 0 heterocycles. The maximum Gasteiger partial charge on any atom is 0.255 e. The lowest BCUT2D eigenvalue weighted by Crippen LogP contribution is -2.32. The molecule has 0 aliphatic carbocycles. The fourth-order valence-electron chi connectivity index (χ4n) is 2.84. The Morgan fingerprint density at radius 3 is 2.11 bits per heavy atom. The zero-order chi connectivity index (χ0) is 20.0. The minimum atomic E-state index is -3.54. The van der Waals surface area contributed by atoms with Crippen molar-refractivity contribution in [3.8, 4) is 0 Å². The second kappa shape index (κ2) is 9.15. The van der Waals surface area contributed by atoms with E-state index in [-0.39, 0.29) is 10.8 Å². The predicted molar refractivity (Wildman–Crippen MR) is 110 cm³/mol. The Morgan fingerprint density at radius 2 is 1.56 bits per heavy atom. The molecule has 0 saturated heterocycles. The Hall–Kier alpha value is -2.18. The van der Waals surface area contributed by atoms with Crippen LogP contribution in [0.5, 0.6) is 0 Å². The molecule has 0 fully saturated rings. The molecular formula is C21H28N2O3S. The van der Waals surface area contributed by atoms with Crippen molar-refractivity contribution in [2.45, 2.75) is 45.4 Å². The minimum Gasteiger partial charge on any atom is -0.322 e. The van der Waals surface area contributed by atoms with Gasteiger partial charge in [0.25, 0.3) is 5.91 Å². The van der Waals surface area contributed by atoms with E-state index in [0.717, 1.165) is 29.7 Å². The second-order valence-corrected chi connectivity index (χ2v) is 8.64. The third-order valence-electron chi connectivity index (χ3n) is 4.34. The molecule has 0 radical (unpaired) electrons. The van der Waals surface area contributed by atoms with Crippen molar-refractivity contribution in [3.05, 3.63) is 59.2 Å². The van der Waals surface area contributed by atoms with Crippen LogP contribution in [0.2, 0.25) is 0 Å². The van der Waals surface area contributed by atoms with Crippen molar-refractivity contribution in [1.29, 1.82) is 0 Å². The van der Waals surface area contributed by atoms with Crippen LogP contribution in [-0.2, 0) is 10.0 Å². The highest BCUT2D eigenvalue weighted by Crippen LogP contribution is 2.20. The van der Waals surface area contributed by atoms with Gasteiger partial charge in [0.05, 0.1) is 4.90 Å². The Morgan fingerprint density at radius 1 is 0.963 bits per heavy atom. The number of amides is 1. The Kier molecular flexibility index (Phi) is 7.16. The summed E-state index contributed by atoms with van der Waals surface area (Å²) in [5.74, 6) is -0.258. The summed E-state index contributed by atoms with van der Waals surface area (Å²) in [7, 11) is -3.54. The highest BCUT2D eigenvalue weighted by Gasteiger charge is 2.23. The number of hydrogen-bond acceptors (Lipinski definition) is 3. The van der Waals surface area contributed by atoms with Crippen LogP contribution in [0.3, 0.4) is 0 Å². The van der Waals surface area contributed by atoms with Crippen molar-refractivity contribution >= 4 is 21.6 Å². The SMILES string of the molecule is CCCN(CCC)S(=O)(=O)c1ccc(C(=O)Nc2cc(C)ccc2C)cc1. The van der Waals surface area contributed by atoms with Crippen molar-refractivity contribution in [2.24, 2.45) is 0 Å². The molecule has 0 saturated carbocycles. The molecule has 0 spiro atoms. The number of carbonyl (C=O) groups excluding carboxylic acids is 1. The highest BCUT2D eigenvalue weighted by atomic mass is 32.2. The molecule has 1 N–H and O–H groups in total. The number of aryl methyl sites for hydroxylation is 2. The molecule has 6 heteroatoms. The Balaban J connectivity index is 2.20. The van der Waals surface area contributed by atoms with E-state index in [0.29, 0.717) is 18.7 Å². The lowest BCUT2D eigenvalue weighted by atomic mass is 10.1. The van der Waals surface area contributed by atoms with Gasteiger partial charge in [0.15, 0.2) is 0 Å². The van der Waals surface area contributed by atoms with Gasteiger partial charge in [0.1, 0.15) is 0 Å². The topological polar surface area (TPSA) is 66.5 Å². The molecular weight excluding hydrogens is 360 g/mol. The monoisotopic (exact) mass is 388 g/mol. The van der Waals surface area contributed by atoms with E-state index in [4.69, 9.17) is 0 Å². The van der Waals surface area contributed by atoms with Crippen molar-refractivity contribution in [2.75, 3.05) is 18.4 Å². The van der Waals surface area contributed by atoms with E-state index in [1.165, 1.54) is 16.4 Å². The summed E-state index contributed by atoms with van der Waals surface area (Å²) in [6, 6.07) is 12.0. The molecule has 1 amide bonds. The highest BCUT2D eigenvalue weighted by molar-refractivity contribution is 7.89. The molecule has 0 bridgehead atoms. The molecule has 2 rings (SSSR count). The fraction of sp³-hybridized carbons (Fsp3) is 0.381. The zero-order valence-corrected chi connectivity index (χ0v) is 17.3. The summed E-state index contributed by atoms with van der Waals surface area (Å²) in [4.78, 5) is 12.7. The maximum atomic E-state index is 12.8. The van der Waals surface area contributed by atoms with Gasteiger partial charge in [0, 0.05) is 24.3 Å². The Labute approximate surface area is 162 Å². The van der Waals surface area contributed by atoms with Crippen molar-refractivity contribution in [1.82, 2.24) is 4.31 Å². The average Bonchev–Trinajstić information content (AvgIpc) is 2.64. The van der Waals surface area contributed by atoms with Crippen LogP contribution < -0.4 is 5.32 Å². The van der Waals surface area contributed by atoms with Crippen molar-refractivity contribution in [3.63, 3.8) is 0 Å². The van der Waals surface area contributed by atoms with Crippen LogP contribution in [0.15, 0.2) is 47.4 Å². The maximum absolute atomic E-state index is 12.8. The van der Waals surface area contributed by atoms with E-state index in [2.05, 4.69) is 5.32 Å². The van der Waals surface area contributed by atoms with Gasteiger partial charge in [-0.3, -0.25) is 4.79 Å². The number of carbonyl (C=O) groups is 1. The summed E-state index contributed by atoms with van der Waals surface area (Å²) in [5, 5.41) is 2.89. The smallest absolute Gasteiger partial charge is 0.255 e. The van der Waals surface area contributed by atoms with Crippen LogP contribution in [0, 0.1) is 13.8 Å². The third-order valence-corrected chi connectivity index (χ3v) is 6.25. The number of rotatable bonds is 8. The molecule has 0 aromatic heterocycles. The number of anilines is 1. The molecule has 27 heavy (non-hydrogen) atoms. The molecule has 0 aliphatic heterocycles. The largest absolute Gasteiger partial charge is 0.322 e. The fourth-order valence-corrected chi connectivity index (χ4v) is 4.47. The first-order valence-corrected chi connectivity index (χ1v) is 10.7. The van der Waals surface area contributed by atoms with E-state index < -0.39 is 10.0 Å². The lowest BCUT2D eigenvalue weighted by molar-refractivity contribution is 0.102. The average molecular weight is 389 g/mol. The standard InChI is InChI=1S/C21H28N2O3S/c1-5-13-23(14-6-2)27(25,26)19-11-9-18(10-12-19)21(24)22-20-15-16(3)7-8-17(20)4/h7-12,15H,5-6,13-14H2,1-4H3,(H,22,24). The Bertz CT molecular complexity index is 884. The first-order valence-electron chi connectivity index (χ1n) is 9.28. The molecule has 0 aliphatic rings. The normalized spacial score (nSPS) is 11.6. The van der Waals surface area contributed by atoms with E-state index in [1.807, 2.05) is 45.9 Å². The van der Waals surface area contributed by atoms with Crippen LogP contribution >= 0.6 is 0 Å². The molecule has 0 unspecified atom stereocenters. The third kappa shape index (κ3) is 5.17. The van der Waals surface area contributed by atoms with Gasteiger partial charge in [-0.15, -0.1) is 0 Å². The van der Waals surface area contributed by atoms with E-state index >= 15 is 0 Å². The van der Waals surface area contributed by atoms with Crippen molar-refractivity contribution < 1.29 is 13.2 Å². The van der Waals surface area contributed by atoms with Gasteiger partial charge in [-0.05, 0) is 68.1 Å². The summed E-state index contributed by atoms with van der Waals surface area (Å²) in [6.45, 7) is 8.79. The first kappa shape index (κ1) is 21.1. The summed E-state index contributed by atoms with van der Waals surface area (Å²) in [5.41, 5.74) is 3.22. The van der Waals surface area contributed by atoms with E-state index in [1.54, 1.807) is 12.1 Å². The van der Waals surface area contributed by atoms with Gasteiger partial charge in [-0.2, -0.15) is 4.31 Å². The molecule has 0 atom stereocenters. The van der Waals surface area contributed by atoms with Gasteiger partial charge in [0.2, 0.25) is 10.0 Å². The number of benzene rings is 2.